The Bertz CT molecular complexity index is 587. The van der Waals surface area contributed by atoms with Gasteiger partial charge in [-0.3, -0.25) is 10.8 Å². The topological polar surface area (TPSA) is 69.4 Å². The molecule has 0 aliphatic heterocycles. The monoisotopic (exact) mass is 273 g/mol. The van der Waals surface area contributed by atoms with Gasteiger partial charge in [0.15, 0.2) is 0 Å². The van der Waals surface area contributed by atoms with Gasteiger partial charge in [0.25, 0.3) is 0 Å². The first kappa shape index (κ1) is 14.3. The minimum Gasteiger partial charge on any atom is -0.496 e. The van der Waals surface area contributed by atoms with Crippen LogP contribution in [0.15, 0.2) is 36.7 Å². The number of hydrogen-bond donors (Lipinski definition) is 2. The van der Waals surface area contributed by atoms with Crippen LogP contribution in [0.2, 0.25) is 0 Å². The summed E-state index contributed by atoms with van der Waals surface area (Å²) in [5.41, 5.74) is 5.85. The lowest BCUT2D eigenvalue weighted by Gasteiger charge is -2.18. The predicted molar refractivity (Wildman–Crippen MR) is 77.7 cm³/mol. The van der Waals surface area contributed by atoms with E-state index in [0.717, 1.165) is 22.4 Å². The highest BCUT2D eigenvalue weighted by molar-refractivity contribution is 5.41. The number of nitrogens with two attached hydrogens (primary N) is 1. The largest absolute Gasteiger partial charge is 0.496 e. The van der Waals surface area contributed by atoms with Gasteiger partial charge in [-0.15, -0.1) is 0 Å². The van der Waals surface area contributed by atoms with Crippen LogP contribution in [0.4, 0.5) is 0 Å². The third kappa shape index (κ3) is 2.89. The number of aryl methyl sites for hydroxylation is 1. The third-order valence-electron chi connectivity index (χ3n) is 3.22. The number of benzene rings is 1. The normalized spacial score (nSPS) is 12.0. The summed E-state index contributed by atoms with van der Waals surface area (Å²) in [4.78, 5) is 4.16. The molecule has 1 aromatic heterocycles. The van der Waals surface area contributed by atoms with Crippen LogP contribution in [-0.2, 0) is 0 Å². The molecule has 1 aromatic carbocycles. The van der Waals surface area contributed by atoms with Gasteiger partial charge in [-0.25, -0.2) is 5.43 Å². The van der Waals surface area contributed by atoms with Gasteiger partial charge in [0.05, 0.1) is 26.5 Å². The second-order valence-corrected chi connectivity index (χ2v) is 4.49. The van der Waals surface area contributed by atoms with Gasteiger partial charge < -0.3 is 9.47 Å². The second-order valence-electron chi connectivity index (χ2n) is 4.49. The highest BCUT2D eigenvalue weighted by Crippen LogP contribution is 2.27. The van der Waals surface area contributed by atoms with E-state index < -0.39 is 0 Å². The molecule has 0 radical (unpaired) electrons. The number of hydrogen-bond acceptors (Lipinski definition) is 5. The summed E-state index contributed by atoms with van der Waals surface area (Å²) in [6.07, 6.45) is 3.43. The van der Waals surface area contributed by atoms with Crippen LogP contribution in [0.5, 0.6) is 11.5 Å². The lowest BCUT2D eigenvalue weighted by Crippen LogP contribution is -2.29. The van der Waals surface area contributed by atoms with Crippen LogP contribution in [0.1, 0.15) is 22.7 Å². The smallest absolute Gasteiger partial charge is 0.137 e. The molecule has 1 atom stereocenters. The highest BCUT2D eigenvalue weighted by Gasteiger charge is 2.14. The molecule has 0 saturated heterocycles. The molecule has 1 unspecified atom stereocenters. The molecule has 2 rings (SSSR count). The zero-order valence-corrected chi connectivity index (χ0v) is 11.9. The van der Waals surface area contributed by atoms with E-state index in [0.29, 0.717) is 5.75 Å². The van der Waals surface area contributed by atoms with Crippen LogP contribution in [0, 0.1) is 6.92 Å². The number of hydrazine groups is 1. The lowest BCUT2D eigenvalue weighted by atomic mass is 9.98. The molecule has 0 aliphatic carbocycles. The number of pyridine rings is 1. The van der Waals surface area contributed by atoms with Crippen molar-refractivity contribution in [2.24, 2.45) is 5.84 Å². The Morgan fingerprint density at radius 2 is 1.90 bits per heavy atom. The summed E-state index contributed by atoms with van der Waals surface area (Å²) in [6.45, 7) is 2.00. The average Bonchev–Trinajstić information content (AvgIpc) is 2.48. The van der Waals surface area contributed by atoms with Crippen molar-refractivity contribution in [1.29, 1.82) is 0 Å². The minimum atomic E-state index is -0.151. The number of nitrogens with one attached hydrogen (secondary N) is 1. The van der Waals surface area contributed by atoms with E-state index in [4.69, 9.17) is 15.3 Å². The molecule has 0 fully saturated rings. The van der Waals surface area contributed by atoms with Crippen LogP contribution < -0.4 is 20.7 Å². The summed E-state index contributed by atoms with van der Waals surface area (Å²) < 4.78 is 10.5. The van der Waals surface area contributed by atoms with Crippen molar-refractivity contribution >= 4 is 0 Å². The number of aromatic nitrogens is 1. The van der Waals surface area contributed by atoms with Gasteiger partial charge in [-0.05, 0) is 35.7 Å². The predicted octanol–water partition coefficient (Wildman–Crippen LogP) is 1.96. The maximum absolute atomic E-state index is 5.70. The molecular weight excluding hydrogens is 254 g/mol. The number of ether oxygens (including phenoxy) is 2. The summed E-state index contributed by atoms with van der Waals surface area (Å²) in [5, 5.41) is 0. The van der Waals surface area contributed by atoms with E-state index in [1.807, 2.05) is 31.2 Å². The molecule has 0 bridgehead atoms. The number of nitrogens with zero attached hydrogens (tertiary/aromatic N) is 1. The van der Waals surface area contributed by atoms with Gasteiger partial charge in [0, 0.05) is 6.20 Å². The standard InChI is InChI=1S/C15H19N3O2/c1-10-6-11(4-5-14(10)20-3)15(18-16)12-7-13(19-2)9-17-8-12/h4-9,15,18H,16H2,1-3H3. The SMILES string of the molecule is COc1cncc(C(NN)c2ccc(OC)c(C)c2)c1. The fourth-order valence-electron chi connectivity index (χ4n) is 2.17. The Labute approximate surface area is 118 Å². The first-order valence-electron chi connectivity index (χ1n) is 6.29. The van der Waals surface area contributed by atoms with Crippen molar-refractivity contribution in [3.8, 4) is 11.5 Å². The van der Waals surface area contributed by atoms with E-state index >= 15 is 0 Å². The Hall–Kier alpha value is -2.11. The van der Waals surface area contributed by atoms with Gasteiger partial charge in [-0.1, -0.05) is 12.1 Å². The number of methoxy groups -OCH3 is 2. The van der Waals surface area contributed by atoms with E-state index in [1.54, 1.807) is 26.6 Å². The lowest BCUT2D eigenvalue weighted by molar-refractivity contribution is 0.410. The van der Waals surface area contributed by atoms with Gasteiger partial charge in [0.2, 0.25) is 0 Å². The molecule has 5 nitrogen and oxygen atoms in total. The molecule has 2 aromatic rings. The summed E-state index contributed by atoms with van der Waals surface area (Å²) in [5.74, 6) is 7.26. The molecule has 0 saturated carbocycles. The van der Waals surface area contributed by atoms with Gasteiger partial charge >= 0.3 is 0 Å². The van der Waals surface area contributed by atoms with Crippen LogP contribution in [0.3, 0.4) is 0 Å². The van der Waals surface area contributed by atoms with Crippen molar-refractivity contribution in [2.75, 3.05) is 14.2 Å². The second kappa shape index (κ2) is 6.36. The first-order chi connectivity index (χ1) is 9.69. The van der Waals surface area contributed by atoms with E-state index in [9.17, 15) is 0 Å². The van der Waals surface area contributed by atoms with E-state index in [1.165, 1.54) is 0 Å². The molecule has 1 heterocycles. The molecule has 106 valence electrons. The van der Waals surface area contributed by atoms with Crippen molar-refractivity contribution in [3.63, 3.8) is 0 Å². The fraction of sp³-hybridized carbons (Fsp3) is 0.267. The van der Waals surface area contributed by atoms with E-state index in [-0.39, 0.29) is 6.04 Å². The Balaban J connectivity index is 2.38. The molecular formula is C15H19N3O2. The maximum atomic E-state index is 5.70. The average molecular weight is 273 g/mol. The fourth-order valence-corrected chi connectivity index (χ4v) is 2.17. The molecule has 20 heavy (non-hydrogen) atoms. The molecule has 0 amide bonds. The maximum Gasteiger partial charge on any atom is 0.137 e. The number of rotatable bonds is 5. The van der Waals surface area contributed by atoms with Gasteiger partial charge in [-0.2, -0.15) is 0 Å². The molecule has 5 heteroatoms. The van der Waals surface area contributed by atoms with Crippen LogP contribution >= 0.6 is 0 Å². The first-order valence-corrected chi connectivity index (χ1v) is 6.29. The third-order valence-corrected chi connectivity index (χ3v) is 3.22. The Morgan fingerprint density at radius 1 is 1.10 bits per heavy atom. The van der Waals surface area contributed by atoms with Crippen molar-refractivity contribution in [3.05, 3.63) is 53.3 Å². The van der Waals surface area contributed by atoms with Crippen LogP contribution in [0.25, 0.3) is 0 Å². The molecule has 3 N–H and O–H groups in total. The Morgan fingerprint density at radius 3 is 2.50 bits per heavy atom. The quantitative estimate of drug-likeness (QED) is 0.644. The van der Waals surface area contributed by atoms with Crippen molar-refractivity contribution in [2.45, 2.75) is 13.0 Å². The molecule has 0 spiro atoms. The van der Waals surface area contributed by atoms with E-state index in [2.05, 4.69) is 10.4 Å². The zero-order chi connectivity index (χ0) is 14.5. The van der Waals surface area contributed by atoms with Crippen molar-refractivity contribution in [1.82, 2.24) is 10.4 Å². The van der Waals surface area contributed by atoms with Crippen molar-refractivity contribution < 1.29 is 9.47 Å². The zero-order valence-electron chi connectivity index (χ0n) is 11.9. The summed E-state index contributed by atoms with van der Waals surface area (Å²) >= 11 is 0. The van der Waals surface area contributed by atoms with Crippen LogP contribution in [-0.4, -0.2) is 19.2 Å². The summed E-state index contributed by atoms with van der Waals surface area (Å²) in [7, 11) is 3.27. The summed E-state index contributed by atoms with van der Waals surface area (Å²) in [6, 6.07) is 7.72. The van der Waals surface area contributed by atoms with Gasteiger partial charge in [0.1, 0.15) is 11.5 Å². The molecule has 0 aliphatic rings. The Kier molecular flexibility index (Phi) is 4.55. The highest BCUT2D eigenvalue weighted by atomic mass is 16.5. The minimum absolute atomic E-state index is 0.151.